The van der Waals surface area contributed by atoms with Crippen molar-refractivity contribution in [1.29, 1.82) is 0 Å². The highest BCUT2D eigenvalue weighted by atomic mass is 16.5. The number of ether oxygens (including phenoxy) is 3. The molecule has 0 bridgehead atoms. The lowest BCUT2D eigenvalue weighted by molar-refractivity contribution is 0.0958. The first kappa shape index (κ1) is 23.6. The largest absolute Gasteiger partial charge is 0.497 e. The average Bonchev–Trinajstić information content (AvgIpc) is 2.90. The van der Waals surface area contributed by atoms with Crippen molar-refractivity contribution in [2.45, 2.75) is 25.4 Å². The Bertz CT molecular complexity index is 1060. The van der Waals surface area contributed by atoms with Crippen LogP contribution in [0.2, 0.25) is 0 Å². The van der Waals surface area contributed by atoms with Crippen LogP contribution in [-0.4, -0.2) is 51.3 Å². The molecule has 3 aromatic carbocycles. The Morgan fingerprint density at radius 1 is 0.765 bits per heavy atom. The number of piperidine rings is 1. The second-order valence-electron chi connectivity index (χ2n) is 8.46. The molecule has 0 atom stereocenters. The predicted molar refractivity (Wildman–Crippen MR) is 134 cm³/mol. The van der Waals surface area contributed by atoms with Gasteiger partial charge in [0.25, 0.3) is 5.91 Å². The molecule has 1 saturated heterocycles. The Balaban J connectivity index is 1.49. The van der Waals surface area contributed by atoms with Gasteiger partial charge in [0.2, 0.25) is 0 Å². The van der Waals surface area contributed by atoms with Gasteiger partial charge in [-0.3, -0.25) is 9.69 Å². The zero-order valence-corrected chi connectivity index (χ0v) is 20.1. The zero-order valence-electron chi connectivity index (χ0n) is 20.1. The van der Waals surface area contributed by atoms with Crippen molar-refractivity contribution in [2.24, 2.45) is 0 Å². The van der Waals surface area contributed by atoms with E-state index in [1.54, 1.807) is 21.3 Å². The molecule has 1 heterocycles. The van der Waals surface area contributed by atoms with E-state index in [1.165, 1.54) is 5.56 Å². The Kier molecular flexibility index (Phi) is 7.70. The van der Waals surface area contributed by atoms with Crippen molar-refractivity contribution >= 4 is 11.6 Å². The molecule has 178 valence electrons. The monoisotopic (exact) mass is 460 g/mol. The molecule has 0 unspecified atom stereocenters. The fourth-order valence-electron chi connectivity index (χ4n) is 4.43. The minimum atomic E-state index is 0.00132. The number of carbonyl (C=O) groups is 1. The topological polar surface area (TPSA) is 51.2 Å². The molecule has 1 amide bonds. The van der Waals surface area contributed by atoms with Crippen molar-refractivity contribution in [3.8, 4) is 17.2 Å². The maximum Gasteiger partial charge on any atom is 0.258 e. The normalized spacial score (nSPS) is 14.4. The number of amides is 1. The third-order valence-electron chi connectivity index (χ3n) is 6.39. The maximum atomic E-state index is 13.7. The van der Waals surface area contributed by atoms with Crippen LogP contribution in [0.1, 0.15) is 28.8 Å². The number of likely N-dealkylation sites (tertiary alicyclic amines) is 1. The lowest BCUT2D eigenvalue weighted by Crippen LogP contribution is -2.47. The average molecular weight is 461 g/mol. The minimum absolute atomic E-state index is 0.00132. The van der Waals surface area contributed by atoms with E-state index < -0.39 is 0 Å². The summed E-state index contributed by atoms with van der Waals surface area (Å²) in [6, 6.07) is 23.4. The summed E-state index contributed by atoms with van der Waals surface area (Å²) >= 11 is 0. The smallest absolute Gasteiger partial charge is 0.258 e. The Morgan fingerprint density at radius 2 is 1.24 bits per heavy atom. The number of methoxy groups -OCH3 is 3. The van der Waals surface area contributed by atoms with Gasteiger partial charge in [-0.2, -0.15) is 0 Å². The summed E-state index contributed by atoms with van der Waals surface area (Å²) in [6.45, 7) is 2.75. The summed E-state index contributed by atoms with van der Waals surface area (Å²) < 4.78 is 15.8. The number of rotatable bonds is 8. The van der Waals surface area contributed by atoms with E-state index in [1.807, 2.05) is 65.6 Å². The van der Waals surface area contributed by atoms with Crippen LogP contribution in [0.3, 0.4) is 0 Å². The number of benzene rings is 3. The van der Waals surface area contributed by atoms with Gasteiger partial charge in [0.1, 0.15) is 17.2 Å². The first-order chi connectivity index (χ1) is 16.6. The quantitative estimate of drug-likeness (QED) is 0.472. The predicted octanol–water partition coefficient (Wildman–Crippen LogP) is 5.02. The summed E-state index contributed by atoms with van der Waals surface area (Å²) in [6.07, 6.45) is 1.81. The van der Waals surface area contributed by atoms with Gasteiger partial charge in [0, 0.05) is 36.9 Å². The summed E-state index contributed by atoms with van der Waals surface area (Å²) in [5.41, 5.74) is 2.80. The molecular weight excluding hydrogens is 428 g/mol. The van der Waals surface area contributed by atoms with Gasteiger partial charge in [-0.1, -0.05) is 12.1 Å². The van der Waals surface area contributed by atoms with Crippen molar-refractivity contribution in [3.05, 3.63) is 83.9 Å². The van der Waals surface area contributed by atoms with Crippen LogP contribution in [0.4, 0.5) is 5.69 Å². The third kappa shape index (κ3) is 5.51. The molecule has 0 aliphatic carbocycles. The third-order valence-corrected chi connectivity index (χ3v) is 6.39. The molecule has 34 heavy (non-hydrogen) atoms. The number of hydrogen-bond acceptors (Lipinski definition) is 5. The minimum Gasteiger partial charge on any atom is -0.497 e. The molecule has 0 radical (unpaired) electrons. The van der Waals surface area contributed by atoms with Crippen molar-refractivity contribution in [2.75, 3.05) is 39.3 Å². The Hall–Kier alpha value is -3.51. The molecule has 0 saturated carbocycles. The van der Waals surface area contributed by atoms with E-state index in [0.29, 0.717) is 5.56 Å². The number of anilines is 1. The highest BCUT2D eigenvalue weighted by Crippen LogP contribution is 2.29. The Morgan fingerprint density at radius 3 is 1.74 bits per heavy atom. The van der Waals surface area contributed by atoms with Crippen LogP contribution in [0.15, 0.2) is 72.8 Å². The molecule has 3 aromatic rings. The van der Waals surface area contributed by atoms with Gasteiger partial charge < -0.3 is 19.1 Å². The zero-order chi connectivity index (χ0) is 23.9. The van der Waals surface area contributed by atoms with Crippen molar-refractivity contribution in [3.63, 3.8) is 0 Å². The van der Waals surface area contributed by atoms with Gasteiger partial charge in [-0.15, -0.1) is 0 Å². The molecule has 4 rings (SSSR count). The van der Waals surface area contributed by atoms with Gasteiger partial charge >= 0.3 is 0 Å². The highest BCUT2D eigenvalue weighted by Gasteiger charge is 2.30. The second-order valence-corrected chi connectivity index (χ2v) is 8.46. The van der Waals surface area contributed by atoms with E-state index in [-0.39, 0.29) is 11.9 Å². The molecule has 6 heteroatoms. The molecule has 0 N–H and O–H groups in total. The van der Waals surface area contributed by atoms with E-state index in [2.05, 4.69) is 17.0 Å². The lowest BCUT2D eigenvalue weighted by atomic mass is 10.00. The van der Waals surface area contributed by atoms with E-state index >= 15 is 0 Å². The molecule has 1 fully saturated rings. The number of hydrogen-bond donors (Lipinski definition) is 0. The SMILES string of the molecule is COc1ccc(CN2CCC(N(C(=O)c3ccc(OC)cc3)c3ccc(OC)cc3)CC2)cc1. The highest BCUT2D eigenvalue weighted by molar-refractivity contribution is 6.06. The van der Waals surface area contributed by atoms with Crippen LogP contribution < -0.4 is 19.1 Å². The molecule has 1 aliphatic heterocycles. The standard InChI is InChI=1S/C28H32N2O4/c1-32-25-10-4-21(5-11-25)20-29-18-16-24(17-19-29)30(23-8-14-27(34-3)15-9-23)28(31)22-6-12-26(33-2)13-7-22/h4-15,24H,16-20H2,1-3H3. The van der Waals surface area contributed by atoms with Crippen LogP contribution in [0.5, 0.6) is 17.2 Å². The fourth-order valence-corrected chi connectivity index (χ4v) is 4.43. The molecular formula is C28H32N2O4. The first-order valence-electron chi connectivity index (χ1n) is 11.6. The van der Waals surface area contributed by atoms with E-state index in [4.69, 9.17) is 14.2 Å². The number of carbonyl (C=O) groups excluding carboxylic acids is 1. The Labute approximate surface area is 201 Å². The molecule has 6 nitrogen and oxygen atoms in total. The van der Waals surface area contributed by atoms with Gasteiger partial charge in [0.05, 0.1) is 21.3 Å². The van der Waals surface area contributed by atoms with Crippen LogP contribution in [0, 0.1) is 0 Å². The van der Waals surface area contributed by atoms with E-state index in [9.17, 15) is 4.79 Å². The summed E-state index contributed by atoms with van der Waals surface area (Å²) in [4.78, 5) is 18.1. The summed E-state index contributed by atoms with van der Waals surface area (Å²) in [7, 11) is 4.95. The first-order valence-corrected chi connectivity index (χ1v) is 11.6. The second kappa shape index (κ2) is 11.1. The van der Waals surface area contributed by atoms with Gasteiger partial charge in [0.15, 0.2) is 0 Å². The fraction of sp³-hybridized carbons (Fsp3) is 0.321. The molecule has 0 spiro atoms. The van der Waals surface area contributed by atoms with Gasteiger partial charge in [-0.25, -0.2) is 0 Å². The van der Waals surface area contributed by atoms with E-state index in [0.717, 1.165) is 55.4 Å². The van der Waals surface area contributed by atoms with Crippen molar-refractivity contribution < 1.29 is 19.0 Å². The molecule has 0 aromatic heterocycles. The maximum absolute atomic E-state index is 13.7. The molecule has 1 aliphatic rings. The summed E-state index contributed by atoms with van der Waals surface area (Å²) in [5, 5.41) is 0. The van der Waals surface area contributed by atoms with Crippen LogP contribution >= 0.6 is 0 Å². The lowest BCUT2D eigenvalue weighted by Gasteiger charge is -2.38. The van der Waals surface area contributed by atoms with Crippen LogP contribution in [0.25, 0.3) is 0 Å². The summed E-state index contributed by atoms with van der Waals surface area (Å²) in [5.74, 6) is 2.38. The number of nitrogens with zero attached hydrogens (tertiary/aromatic N) is 2. The van der Waals surface area contributed by atoms with Crippen LogP contribution in [-0.2, 0) is 6.54 Å². The van der Waals surface area contributed by atoms with Crippen molar-refractivity contribution in [1.82, 2.24) is 4.90 Å². The van der Waals surface area contributed by atoms with Gasteiger partial charge in [-0.05, 0) is 79.1 Å².